The van der Waals surface area contributed by atoms with E-state index in [1.54, 1.807) is 39.8 Å². The van der Waals surface area contributed by atoms with Gasteiger partial charge in [0.25, 0.3) is 0 Å². The molecule has 0 atom stereocenters. The molecule has 0 saturated carbocycles. The van der Waals surface area contributed by atoms with Gasteiger partial charge in [0.2, 0.25) is 11.2 Å². The normalized spacial score (nSPS) is 11.2. The molecule has 0 aliphatic carbocycles. The van der Waals surface area contributed by atoms with Crippen molar-refractivity contribution in [2.45, 2.75) is 27.7 Å². The van der Waals surface area contributed by atoms with Gasteiger partial charge in [0.05, 0.1) is 23.5 Å². The van der Waals surface area contributed by atoms with E-state index in [1.807, 2.05) is 0 Å². The SMILES string of the molecule is COC(=O)c1ccc(Oc2c(C)oc3cc(OC(=O)C(C)(C)C)ccc3c2=O)cc1. The molecule has 0 fully saturated rings. The first kappa shape index (κ1) is 21.1. The maximum Gasteiger partial charge on any atom is 0.337 e. The lowest BCUT2D eigenvalue weighted by molar-refractivity contribution is -0.142. The van der Waals surface area contributed by atoms with E-state index >= 15 is 0 Å². The van der Waals surface area contributed by atoms with Gasteiger partial charge in [0, 0.05) is 6.07 Å². The van der Waals surface area contributed by atoms with Crippen LogP contribution in [0.3, 0.4) is 0 Å². The van der Waals surface area contributed by atoms with Gasteiger partial charge >= 0.3 is 11.9 Å². The van der Waals surface area contributed by atoms with Crippen LogP contribution in [0.15, 0.2) is 51.7 Å². The summed E-state index contributed by atoms with van der Waals surface area (Å²) in [6, 6.07) is 10.8. The number of carbonyl (C=O) groups is 2. The number of ether oxygens (including phenoxy) is 3. The molecule has 0 radical (unpaired) electrons. The lowest BCUT2D eigenvalue weighted by Crippen LogP contribution is -2.25. The van der Waals surface area contributed by atoms with Crippen LogP contribution in [-0.4, -0.2) is 19.0 Å². The van der Waals surface area contributed by atoms with Gasteiger partial charge in [0.15, 0.2) is 0 Å². The number of fused-ring (bicyclic) bond motifs is 1. The highest BCUT2D eigenvalue weighted by atomic mass is 16.5. The first-order valence-electron chi connectivity index (χ1n) is 9.26. The van der Waals surface area contributed by atoms with Crippen LogP contribution >= 0.6 is 0 Å². The largest absolute Gasteiger partial charge is 0.465 e. The number of hydrogen-bond donors (Lipinski definition) is 0. The Hall–Kier alpha value is -3.61. The van der Waals surface area contributed by atoms with E-state index in [-0.39, 0.29) is 33.7 Å². The molecule has 7 heteroatoms. The average molecular weight is 410 g/mol. The third-order valence-corrected chi connectivity index (χ3v) is 4.30. The second kappa shape index (κ2) is 8.02. The van der Waals surface area contributed by atoms with E-state index < -0.39 is 17.4 Å². The van der Waals surface area contributed by atoms with Crippen LogP contribution in [0.2, 0.25) is 0 Å². The lowest BCUT2D eigenvalue weighted by Gasteiger charge is -2.16. The van der Waals surface area contributed by atoms with Gasteiger partial charge in [-0.25, -0.2) is 4.79 Å². The molecule has 0 amide bonds. The maximum absolute atomic E-state index is 12.9. The van der Waals surface area contributed by atoms with E-state index in [0.29, 0.717) is 11.3 Å². The minimum atomic E-state index is -0.660. The fourth-order valence-electron chi connectivity index (χ4n) is 2.60. The van der Waals surface area contributed by atoms with Crippen molar-refractivity contribution in [3.05, 3.63) is 64.0 Å². The van der Waals surface area contributed by atoms with Crippen molar-refractivity contribution in [1.82, 2.24) is 0 Å². The molecule has 2 aromatic carbocycles. The Morgan fingerprint density at radius 3 is 2.20 bits per heavy atom. The van der Waals surface area contributed by atoms with Gasteiger partial charge < -0.3 is 18.6 Å². The summed E-state index contributed by atoms with van der Waals surface area (Å²) >= 11 is 0. The number of hydrogen-bond acceptors (Lipinski definition) is 7. The monoisotopic (exact) mass is 410 g/mol. The highest BCUT2D eigenvalue weighted by molar-refractivity contribution is 5.89. The number of esters is 2. The summed E-state index contributed by atoms with van der Waals surface area (Å²) < 4.78 is 21.5. The number of benzene rings is 2. The fourth-order valence-corrected chi connectivity index (χ4v) is 2.60. The van der Waals surface area contributed by atoms with Gasteiger partial charge in [-0.3, -0.25) is 9.59 Å². The van der Waals surface area contributed by atoms with Crippen molar-refractivity contribution in [2.24, 2.45) is 5.41 Å². The molecule has 30 heavy (non-hydrogen) atoms. The molecule has 3 rings (SSSR count). The quantitative estimate of drug-likeness (QED) is 0.457. The average Bonchev–Trinajstić information content (AvgIpc) is 2.70. The van der Waals surface area contributed by atoms with Crippen LogP contribution in [0.5, 0.6) is 17.2 Å². The van der Waals surface area contributed by atoms with Crippen molar-refractivity contribution in [1.29, 1.82) is 0 Å². The molecule has 3 aromatic rings. The zero-order valence-corrected chi connectivity index (χ0v) is 17.4. The van der Waals surface area contributed by atoms with Crippen molar-refractivity contribution in [3.8, 4) is 17.2 Å². The van der Waals surface area contributed by atoms with Gasteiger partial charge in [0.1, 0.15) is 22.8 Å². The Bertz CT molecular complexity index is 1170. The summed E-state index contributed by atoms with van der Waals surface area (Å²) in [4.78, 5) is 36.5. The van der Waals surface area contributed by atoms with Crippen molar-refractivity contribution < 1.29 is 28.2 Å². The van der Waals surface area contributed by atoms with Crippen LogP contribution in [0.1, 0.15) is 36.9 Å². The molecule has 156 valence electrons. The molecule has 0 unspecified atom stereocenters. The highest BCUT2D eigenvalue weighted by Gasteiger charge is 2.24. The predicted octanol–water partition coefficient (Wildman–Crippen LogP) is 4.63. The Labute approximate surface area is 173 Å². The predicted molar refractivity (Wildman–Crippen MR) is 110 cm³/mol. The standard InChI is InChI=1S/C23H22O7/c1-13-20(29-15-8-6-14(7-9-15)21(25)27-5)19(24)17-11-10-16(12-18(17)28-13)30-22(26)23(2,3)4/h6-12H,1-5H3. The Kier molecular flexibility index (Phi) is 5.64. The maximum atomic E-state index is 12.9. The molecule has 1 aromatic heterocycles. The van der Waals surface area contributed by atoms with Gasteiger partial charge in [-0.1, -0.05) is 0 Å². The highest BCUT2D eigenvalue weighted by Crippen LogP contribution is 2.28. The Morgan fingerprint density at radius 2 is 1.60 bits per heavy atom. The fraction of sp³-hybridized carbons (Fsp3) is 0.261. The third-order valence-electron chi connectivity index (χ3n) is 4.30. The molecular weight excluding hydrogens is 388 g/mol. The van der Waals surface area contributed by atoms with Crippen molar-refractivity contribution >= 4 is 22.9 Å². The summed E-state index contributed by atoms with van der Waals surface area (Å²) in [5, 5.41) is 0.289. The molecule has 0 N–H and O–H groups in total. The van der Waals surface area contributed by atoms with Crippen LogP contribution in [-0.2, 0) is 9.53 Å². The number of methoxy groups -OCH3 is 1. The molecule has 7 nitrogen and oxygen atoms in total. The third kappa shape index (κ3) is 4.35. The minimum Gasteiger partial charge on any atom is -0.465 e. The first-order valence-corrected chi connectivity index (χ1v) is 9.26. The van der Waals surface area contributed by atoms with E-state index in [0.717, 1.165) is 0 Å². The molecule has 1 heterocycles. The van der Waals surface area contributed by atoms with Crippen molar-refractivity contribution in [2.75, 3.05) is 7.11 Å². The van der Waals surface area contributed by atoms with E-state index in [1.165, 1.54) is 37.4 Å². The second-order valence-electron chi connectivity index (χ2n) is 7.73. The van der Waals surface area contributed by atoms with Crippen molar-refractivity contribution in [3.63, 3.8) is 0 Å². The van der Waals surface area contributed by atoms with Gasteiger partial charge in [-0.15, -0.1) is 0 Å². The molecule has 0 saturated heterocycles. The van der Waals surface area contributed by atoms with Gasteiger partial charge in [-0.2, -0.15) is 0 Å². The number of carbonyl (C=O) groups excluding carboxylic acids is 2. The molecular formula is C23H22O7. The van der Waals surface area contributed by atoms with E-state index in [9.17, 15) is 14.4 Å². The number of rotatable bonds is 4. The lowest BCUT2D eigenvalue weighted by atomic mass is 9.97. The zero-order chi connectivity index (χ0) is 22.1. The minimum absolute atomic E-state index is 0.0350. The molecule has 0 bridgehead atoms. The van der Waals surface area contributed by atoms with E-state index in [4.69, 9.17) is 13.9 Å². The van der Waals surface area contributed by atoms with Crippen LogP contribution in [0.4, 0.5) is 0 Å². The summed E-state index contributed by atoms with van der Waals surface area (Å²) in [6.07, 6.45) is 0. The first-order chi connectivity index (χ1) is 14.1. The van der Waals surface area contributed by atoms with Crippen LogP contribution < -0.4 is 14.9 Å². The molecule has 0 aliphatic rings. The van der Waals surface area contributed by atoms with Crippen LogP contribution in [0.25, 0.3) is 11.0 Å². The summed E-state index contributed by atoms with van der Waals surface area (Å²) in [7, 11) is 1.30. The zero-order valence-electron chi connectivity index (χ0n) is 17.4. The Morgan fingerprint density at radius 1 is 0.967 bits per heavy atom. The van der Waals surface area contributed by atoms with Gasteiger partial charge in [-0.05, 0) is 64.1 Å². The topological polar surface area (TPSA) is 92.0 Å². The smallest absolute Gasteiger partial charge is 0.337 e. The summed E-state index contributed by atoms with van der Waals surface area (Å²) in [5.74, 6) is 0.101. The second-order valence-corrected chi connectivity index (χ2v) is 7.73. The molecule has 0 spiro atoms. The molecule has 0 aliphatic heterocycles. The summed E-state index contributed by atoms with van der Waals surface area (Å²) in [5.41, 5.74) is -0.374. The van der Waals surface area contributed by atoms with Crippen LogP contribution in [0, 0.1) is 12.3 Å². The Balaban J connectivity index is 1.92. The summed E-state index contributed by atoms with van der Waals surface area (Å²) in [6.45, 7) is 6.86. The number of aryl methyl sites for hydroxylation is 1. The van der Waals surface area contributed by atoms with E-state index in [2.05, 4.69) is 4.74 Å².